The van der Waals surface area contributed by atoms with E-state index in [1.807, 2.05) is 0 Å². The van der Waals surface area contributed by atoms with Gasteiger partial charge in [-0.05, 0) is 48.1 Å². The molecular formula is C19H27N. The third-order valence-corrected chi connectivity index (χ3v) is 4.87. The summed E-state index contributed by atoms with van der Waals surface area (Å²) in [6.45, 7) is 8.85. The lowest BCUT2D eigenvalue weighted by molar-refractivity contribution is 0.260. The zero-order chi connectivity index (χ0) is 14.8. The topological polar surface area (TPSA) is 23.8 Å². The molecule has 1 aromatic rings. The lowest BCUT2D eigenvalue weighted by Crippen LogP contribution is -2.23. The Kier molecular flexibility index (Phi) is 4.53. The molecule has 1 heteroatoms. The number of hydrogen-bond acceptors (Lipinski definition) is 1. The predicted octanol–water partition coefficient (Wildman–Crippen LogP) is 5.42. The standard InChI is InChI=1S/C19H27N/c1-14(13-20)17-7-5-6-8-18(17)15-9-11-16(12-10-15)19(2,3)4/h9-12,14,17-18H,5-8H2,1-4H3. The number of benzene rings is 1. The molecular weight excluding hydrogens is 242 g/mol. The molecule has 0 bridgehead atoms. The van der Waals surface area contributed by atoms with Gasteiger partial charge in [0.15, 0.2) is 0 Å². The van der Waals surface area contributed by atoms with Crippen LogP contribution in [-0.2, 0) is 5.41 Å². The fourth-order valence-corrected chi connectivity index (χ4v) is 3.50. The molecule has 0 aromatic heterocycles. The Balaban J connectivity index is 2.23. The van der Waals surface area contributed by atoms with Crippen LogP contribution in [0.25, 0.3) is 0 Å². The molecule has 1 aliphatic carbocycles. The molecule has 0 amide bonds. The largest absolute Gasteiger partial charge is 0.198 e. The van der Waals surface area contributed by atoms with E-state index in [1.165, 1.54) is 36.8 Å². The maximum absolute atomic E-state index is 9.25. The first-order valence-electron chi connectivity index (χ1n) is 7.93. The summed E-state index contributed by atoms with van der Waals surface area (Å²) in [5.74, 6) is 1.28. The summed E-state index contributed by atoms with van der Waals surface area (Å²) in [4.78, 5) is 0. The smallest absolute Gasteiger partial charge is 0.0656 e. The summed E-state index contributed by atoms with van der Waals surface area (Å²) in [5, 5.41) is 9.25. The summed E-state index contributed by atoms with van der Waals surface area (Å²) in [5.41, 5.74) is 3.04. The highest BCUT2D eigenvalue weighted by Crippen LogP contribution is 2.42. The van der Waals surface area contributed by atoms with Gasteiger partial charge in [0.1, 0.15) is 0 Å². The molecule has 2 rings (SSSR count). The molecule has 0 spiro atoms. The Hall–Kier alpha value is -1.29. The average molecular weight is 269 g/mol. The number of nitriles is 1. The fourth-order valence-electron chi connectivity index (χ4n) is 3.50. The second kappa shape index (κ2) is 6.00. The van der Waals surface area contributed by atoms with Gasteiger partial charge in [0.05, 0.1) is 6.07 Å². The molecule has 1 fully saturated rings. The summed E-state index contributed by atoms with van der Waals surface area (Å²) < 4.78 is 0. The van der Waals surface area contributed by atoms with Gasteiger partial charge in [0.2, 0.25) is 0 Å². The van der Waals surface area contributed by atoms with Gasteiger partial charge in [0.25, 0.3) is 0 Å². The Morgan fingerprint density at radius 1 is 1.10 bits per heavy atom. The van der Waals surface area contributed by atoms with Crippen molar-refractivity contribution in [2.24, 2.45) is 11.8 Å². The zero-order valence-electron chi connectivity index (χ0n) is 13.3. The molecule has 0 N–H and O–H groups in total. The predicted molar refractivity (Wildman–Crippen MR) is 84.6 cm³/mol. The van der Waals surface area contributed by atoms with Gasteiger partial charge in [-0.15, -0.1) is 0 Å². The Morgan fingerprint density at radius 3 is 2.25 bits per heavy atom. The van der Waals surface area contributed by atoms with E-state index in [4.69, 9.17) is 0 Å². The van der Waals surface area contributed by atoms with Gasteiger partial charge in [-0.2, -0.15) is 5.26 Å². The van der Waals surface area contributed by atoms with Crippen LogP contribution in [0.15, 0.2) is 24.3 Å². The first-order valence-corrected chi connectivity index (χ1v) is 7.93. The van der Waals surface area contributed by atoms with Crippen molar-refractivity contribution < 1.29 is 0 Å². The van der Waals surface area contributed by atoms with Crippen LogP contribution in [0, 0.1) is 23.2 Å². The van der Waals surface area contributed by atoms with Crippen LogP contribution in [-0.4, -0.2) is 0 Å². The highest BCUT2D eigenvalue weighted by atomic mass is 14.4. The van der Waals surface area contributed by atoms with E-state index in [0.29, 0.717) is 11.8 Å². The Bertz CT molecular complexity index is 472. The lowest BCUT2D eigenvalue weighted by Gasteiger charge is -2.34. The van der Waals surface area contributed by atoms with Gasteiger partial charge in [-0.25, -0.2) is 0 Å². The van der Waals surface area contributed by atoms with Crippen molar-refractivity contribution in [2.75, 3.05) is 0 Å². The summed E-state index contributed by atoms with van der Waals surface area (Å²) >= 11 is 0. The fraction of sp³-hybridized carbons (Fsp3) is 0.632. The number of rotatable bonds is 2. The molecule has 1 nitrogen and oxygen atoms in total. The summed E-state index contributed by atoms with van der Waals surface area (Å²) in [6, 6.07) is 11.6. The molecule has 20 heavy (non-hydrogen) atoms. The molecule has 0 aliphatic heterocycles. The highest BCUT2D eigenvalue weighted by Gasteiger charge is 2.30. The number of hydrogen-bond donors (Lipinski definition) is 0. The maximum atomic E-state index is 9.25. The van der Waals surface area contributed by atoms with E-state index in [1.54, 1.807) is 0 Å². The van der Waals surface area contributed by atoms with E-state index < -0.39 is 0 Å². The monoisotopic (exact) mass is 269 g/mol. The summed E-state index contributed by atoms with van der Waals surface area (Å²) in [6.07, 6.45) is 5.04. The maximum Gasteiger partial charge on any atom is 0.0656 e. The van der Waals surface area contributed by atoms with Crippen molar-refractivity contribution in [3.8, 4) is 6.07 Å². The molecule has 108 valence electrons. The molecule has 1 saturated carbocycles. The minimum atomic E-state index is 0.169. The van der Waals surface area contributed by atoms with Gasteiger partial charge in [-0.1, -0.05) is 57.9 Å². The lowest BCUT2D eigenvalue weighted by atomic mass is 9.70. The van der Waals surface area contributed by atoms with Gasteiger partial charge in [-0.3, -0.25) is 0 Å². The van der Waals surface area contributed by atoms with Crippen LogP contribution in [0.5, 0.6) is 0 Å². The highest BCUT2D eigenvalue weighted by molar-refractivity contribution is 5.30. The SMILES string of the molecule is CC(C#N)C1CCCCC1c1ccc(C(C)(C)C)cc1. The Labute approximate surface area is 124 Å². The van der Waals surface area contributed by atoms with E-state index in [-0.39, 0.29) is 11.3 Å². The Morgan fingerprint density at radius 2 is 1.70 bits per heavy atom. The van der Waals surface area contributed by atoms with E-state index in [9.17, 15) is 5.26 Å². The third-order valence-electron chi connectivity index (χ3n) is 4.87. The van der Waals surface area contributed by atoms with Crippen molar-refractivity contribution in [3.63, 3.8) is 0 Å². The van der Waals surface area contributed by atoms with Crippen molar-refractivity contribution in [2.45, 2.75) is 64.7 Å². The van der Waals surface area contributed by atoms with E-state index in [0.717, 1.165) is 0 Å². The molecule has 0 radical (unpaired) electrons. The van der Waals surface area contributed by atoms with Crippen LogP contribution >= 0.6 is 0 Å². The second-order valence-corrected chi connectivity index (χ2v) is 7.34. The number of nitrogens with zero attached hydrogens (tertiary/aromatic N) is 1. The molecule has 0 heterocycles. The van der Waals surface area contributed by atoms with Crippen LogP contribution in [0.2, 0.25) is 0 Å². The third kappa shape index (κ3) is 3.23. The molecule has 3 atom stereocenters. The van der Waals surface area contributed by atoms with Crippen molar-refractivity contribution in [3.05, 3.63) is 35.4 Å². The van der Waals surface area contributed by atoms with Crippen molar-refractivity contribution in [1.82, 2.24) is 0 Å². The molecule has 0 saturated heterocycles. The van der Waals surface area contributed by atoms with Crippen LogP contribution < -0.4 is 0 Å². The van der Waals surface area contributed by atoms with Crippen LogP contribution in [0.1, 0.15) is 70.4 Å². The summed E-state index contributed by atoms with van der Waals surface area (Å²) in [7, 11) is 0. The first kappa shape index (κ1) is 15.1. The second-order valence-electron chi connectivity index (χ2n) is 7.34. The normalized spacial score (nSPS) is 24.9. The zero-order valence-corrected chi connectivity index (χ0v) is 13.3. The minimum absolute atomic E-state index is 0.169. The van der Waals surface area contributed by atoms with Crippen LogP contribution in [0.4, 0.5) is 0 Å². The van der Waals surface area contributed by atoms with E-state index in [2.05, 4.69) is 58.0 Å². The molecule has 1 aliphatic rings. The van der Waals surface area contributed by atoms with Crippen LogP contribution in [0.3, 0.4) is 0 Å². The molecule has 1 aromatic carbocycles. The van der Waals surface area contributed by atoms with E-state index >= 15 is 0 Å². The average Bonchev–Trinajstić information content (AvgIpc) is 2.45. The van der Waals surface area contributed by atoms with Gasteiger partial charge < -0.3 is 0 Å². The first-order chi connectivity index (χ1) is 9.43. The quantitative estimate of drug-likeness (QED) is 0.703. The van der Waals surface area contributed by atoms with Gasteiger partial charge in [0, 0.05) is 5.92 Å². The minimum Gasteiger partial charge on any atom is -0.198 e. The van der Waals surface area contributed by atoms with Crippen molar-refractivity contribution in [1.29, 1.82) is 5.26 Å². The molecule has 3 unspecified atom stereocenters. The van der Waals surface area contributed by atoms with Crippen molar-refractivity contribution >= 4 is 0 Å². The van der Waals surface area contributed by atoms with Gasteiger partial charge >= 0.3 is 0 Å².